The van der Waals surface area contributed by atoms with E-state index >= 15 is 0 Å². The highest BCUT2D eigenvalue weighted by Crippen LogP contribution is 2.33. The molecule has 0 aliphatic rings. The fraction of sp³-hybridized carbons (Fsp3) is 0.455. The van der Waals surface area contributed by atoms with Gasteiger partial charge in [-0.15, -0.1) is 11.3 Å². The van der Waals surface area contributed by atoms with Crippen LogP contribution in [0.1, 0.15) is 77.7 Å². The van der Waals surface area contributed by atoms with Crippen molar-refractivity contribution in [1.29, 1.82) is 5.26 Å². The topological polar surface area (TPSA) is 113 Å². The third-order valence-corrected chi connectivity index (χ3v) is 7.78. The third-order valence-electron chi connectivity index (χ3n) is 6.77. The van der Waals surface area contributed by atoms with E-state index < -0.39 is 17.6 Å². The number of amides is 2. The van der Waals surface area contributed by atoms with Gasteiger partial charge in [0, 0.05) is 25.8 Å². The molecule has 0 bridgehead atoms. The summed E-state index contributed by atoms with van der Waals surface area (Å²) < 4.78 is 25.4. The van der Waals surface area contributed by atoms with Crippen LogP contribution in [0.4, 0.5) is 10.1 Å². The fourth-order valence-corrected chi connectivity index (χ4v) is 5.71. The van der Waals surface area contributed by atoms with Gasteiger partial charge in [-0.25, -0.2) is 9.37 Å². The number of anilines is 1. The van der Waals surface area contributed by atoms with E-state index in [9.17, 15) is 14.0 Å². The summed E-state index contributed by atoms with van der Waals surface area (Å²) in [4.78, 5) is 30.3. The zero-order valence-corrected chi connectivity index (χ0v) is 27.0. The fourth-order valence-electron chi connectivity index (χ4n) is 4.76. The summed E-state index contributed by atoms with van der Waals surface area (Å²) in [6, 6.07) is 7.79. The van der Waals surface area contributed by atoms with Crippen molar-refractivity contribution in [2.75, 3.05) is 32.7 Å². The second-order valence-electron chi connectivity index (χ2n) is 10.7. The van der Waals surface area contributed by atoms with Crippen molar-refractivity contribution in [3.63, 3.8) is 0 Å². The van der Waals surface area contributed by atoms with E-state index in [2.05, 4.69) is 43.0 Å². The van der Waals surface area contributed by atoms with E-state index in [4.69, 9.17) is 14.7 Å². The minimum Gasteiger partial charge on any atom is -0.496 e. The molecular weight excluding hydrogens is 567 g/mol. The Bertz CT molecular complexity index is 1450. The quantitative estimate of drug-likeness (QED) is 0.193. The number of rotatable bonds is 13. The maximum Gasteiger partial charge on any atom is 0.260 e. The zero-order chi connectivity index (χ0) is 32.1. The van der Waals surface area contributed by atoms with Gasteiger partial charge in [0.25, 0.3) is 11.8 Å². The number of benzene rings is 2. The summed E-state index contributed by atoms with van der Waals surface area (Å²) in [6.45, 7) is 14.9. The smallest absolute Gasteiger partial charge is 0.260 e. The van der Waals surface area contributed by atoms with Crippen molar-refractivity contribution in [3.8, 4) is 11.8 Å². The molecule has 2 amide bonds. The van der Waals surface area contributed by atoms with Gasteiger partial charge in [0.15, 0.2) is 0 Å². The molecule has 0 spiro atoms. The number of nitrogens with one attached hydrogen (secondary N) is 2. The number of fused-ring (bicyclic) bond motifs is 1. The minimum atomic E-state index is -0.562. The van der Waals surface area contributed by atoms with Crippen LogP contribution in [0.25, 0.3) is 10.2 Å². The number of nitriles is 1. The number of aromatic nitrogens is 1. The van der Waals surface area contributed by atoms with Crippen LogP contribution in [-0.4, -0.2) is 44.2 Å². The summed E-state index contributed by atoms with van der Waals surface area (Å²) >= 11 is 1.34. The Kier molecular flexibility index (Phi) is 14.3. The molecule has 1 heterocycles. The lowest BCUT2D eigenvalue weighted by molar-refractivity contribution is 0.0955. The van der Waals surface area contributed by atoms with E-state index in [-0.39, 0.29) is 35.3 Å². The Morgan fingerprint density at radius 1 is 1.16 bits per heavy atom. The molecule has 0 aliphatic carbocycles. The monoisotopic (exact) mass is 610 g/mol. The first-order valence-corrected chi connectivity index (χ1v) is 15.2. The number of nitrogens with zero attached hydrogens (tertiary/aromatic N) is 2. The number of carbonyl (C=O) groups excluding carboxylic acids is 2. The summed E-state index contributed by atoms with van der Waals surface area (Å²) in [7, 11) is 3.23. The van der Waals surface area contributed by atoms with Crippen LogP contribution in [0.15, 0.2) is 36.4 Å². The van der Waals surface area contributed by atoms with Crippen molar-refractivity contribution in [2.45, 2.75) is 60.3 Å². The molecule has 232 valence electrons. The molecule has 8 nitrogen and oxygen atoms in total. The molecule has 2 atom stereocenters. The molecule has 2 aromatic carbocycles. The lowest BCUT2D eigenvalue weighted by Crippen LogP contribution is -2.26. The van der Waals surface area contributed by atoms with Crippen molar-refractivity contribution in [2.24, 2.45) is 11.8 Å². The van der Waals surface area contributed by atoms with Gasteiger partial charge in [0.1, 0.15) is 17.1 Å². The lowest BCUT2D eigenvalue weighted by Gasteiger charge is -2.15. The molecule has 3 rings (SSSR count). The number of aryl methyl sites for hydroxylation is 2. The molecule has 10 heteroatoms. The molecule has 43 heavy (non-hydrogen) atoms. The largest absolute Gasteiger partial charge is 0.496 e. The third kappa shape index (κ3) is 10.4. The molecule has 3 aromatic rings. The summed E-state index contributed by atoms with van der Waals surface area (Å²) in [5.74, 6) is 0.312. The van der Waals surface area contributed by atoms with Gasteiger partial charge in [0.05, 0.1) is 39.7 Å². The van der Waals surface area contributed by atoms with Crippen LogP contribution >= 0.6 is 11.3 Å². The van der Waals surface area contributed by atoms with Gasteiger partial charge in [-0.05, 0) is 68.4 Å². The van der Waals surface area contributed by atoms with Gasteiger partial charge in [-0.1, -0.05) is 40.2 Å². The van der Waals surface area contributed by atoms with Crippen LogP contribution in [0.2, 0.25) is 0 Å². The van der Waals surface area contributed by atoms with Crippen LogP contribution in [-0.2, 0) is 4.74 Å². The Balaban J connectivity index is 0.000000499. The van der Waals surface area contributed by atoms with Crippen LogP contribution in [0, 0.1) is 42.8 Å². The molecule has 0 saturated carbocycles. The van der Waals surface area contributed by atoms with Gasteiger partial charge in [-0.3, -0.25) is 9.59 Å². The molecule has 0 radical (unpaired) electrons. The van der Waals surface area contributed by atoms with Crippen molar-refractivity contribution < 1.29 is 23.5 Å². The minimum absolute atomic E-state index is 0.0232. The van der Waals surface area contributed by atoms with E-state index in [0.29, 0.717) is 21.5 Å². The van der Waals surface area contributed by atoms with Crippen LogP contribution in [0.3, 0.4) is 0 Å². The number of hydrogen-bond donors (Lipinski definition) is 2. The second-order valence-corrected chi connectivity index (χ2v) is 11.9. The molecule has 0 fully saturated rings. The van der Waals surface area contributed by atoms with Crippen molar-refractivity contribution in [3.05, 3.63) is 63.9 Å². The average Bonchev–Trinajstić information content (AvgIpc) is 3.34. The number of hydrogen-bond acceptors (Lipinski definition) is 7. The first-order valence-electron chi connectivity index (χ1n) is 14.4. The van der Waals surface area contributed by atoms with E-state index in [1.54, 1.807) is 19.2 Å². The highest BCUT2D eigenvalue weighted by Gasteiger charge is 2.22. The normalized spacial score (nSPS) is 12.0. The number of halogens is 1. The predicted octanol–water partition coefficient (Wildman–Crippen LogP) is 7.61. The molecule has 2 N–H and O–H groups in total. The molecule has 0 saturated heterocycles. The van der Waals surface area contributed by atoms with Crippen LogP contribution < -0.4 is 15.4 Å². The summed E-state index contributed by atoms with van der Waals surface area (Å²) in [5, 5.41) is 14.9. The van der Waals surface area contributed by atoms with Crippen molar-refractivity contribution in [1.82, 2.24) is 10.3 Å². The summed E-state index contributed by atoms with van der Waals surface area (Å²) in [5.41, 5.74) is 1.61. The Labute approximate surface area is 258 Å². The Morgan fingerprint density at radius 2 is 1.88 bits per heavy atom. The molecular formula is C33H43FN4O4S. The number of carbonyl (C=O) groups is 2. The van der Waals surface area contributed by atoms with Gasteiger partial charge >= 0.3 is 0 Å². The second kappa shape index (κ2) is 17.3. The average molecular weight is 611 g/mol. The predicted molar refractivity (Wildman–Crippen MR) is 171 cm³/mol. The maximum atomic E-state index is 14.3. The van der Waals surface area contributed by atoms with Crippen LogP contribution in [0.5, 0.6) is 5.75 Å². The van der Waals surface area contributed by atoms with E-state index in [0.717, 1.165) is 29.5 Å². The molecule has 1 aromatic heterocycles. The first kappa shape index (κ1) is 35.4. The Morgan fingerprint density at radius 3 is 2.51 bits per heavy atom. The van der Waals surface area contributed by atoms with E-state index in [1.165, 1.54) is 50.7 Å². The SMILES string of the molecule is C=C(C#N)CCNC(=O)c1cc(C)c(F)cc1NC(=O)c1c(OC)ccc2nc(C)sc12.CCCC(C)CC(C)COC. The van der Waals surface area contributed by atoms with Gasteiger partial charge < -0.3 is 20.1 Å². The zero-order valence-electron chi connectivity index (χ0n) is 26.2. The molecule has 2 unspecified atom stereocenters. The van der Waals surface area contributed by atoms with Crippen molar-refractivity contribution >= 4 is 39.1 Å². The highest BCUT2D eigenvalue weighted by molar-refractivity contribution is 7.19. The van der Waals surface area contributed by atoms with E-state index in [1.807, 2.05) is 13.0 Å². The number of methoxy groups -OCH3 is 2. The first-order chi connectivity index (χ1) is 20.4. The molecule has 0 aliphatic heterocycles. The standard InChI is InChI=1S/C23H21FN4O3S.C10H22O/c1-12(11-25)7-8-26-22(29)15-9-13(2)16(24)10-18(15)28-23(30)20-19(31-4)6-5-17-21(20)32-14(3)27-17;1-5-6-9(2)7-10(3)8-11-4/h5-6,9-10H,1,7-8H2,2-4H3,(H,26,29)(H,28,30);9-10H,5-8H2,1-4H3. The highest BCUT2D eigenvalue weighted by atomic mass is 32.1. The lowest BCUT2D eigenvalue weighted by atomic mass is 9.94. The Hall–Kier alpha value is -3.81. The number of ether oxygens (including phenoxy) is 2. The van der Waals surface area contributed by atoms with Gasteiger partial charge in [0.2, 0.25) is 0 Å². The summed E-state index contributed by atoms with van der Waals surface area (Å²) in [6.07, 6.45) is 4.25. The maximum absolute atomic E-state index is 14.3. The van der Waals surface area contributed by atoms with Gasteiger partial charge in [-0.2, -0.15) is 5.26 Å². The number of thiazole rings is 1.